The van der Waals surface area contributed by atoms with Gasteiger partial charge in [0.05, 0.1) is 11.1 Å². The van der Waals surface area contributed by atoms with E-state index in [0.29, 0.717) is 25.9 Å². The lowest BCUT2D eigenvalue weighted by Gasteiger charge is -2.06. The Balaban J connectivity index is 2.38. The van der Waals surface area contributed by atoms with Crippen LogP contribution in [0, 0.1) is 10.1 Å². The van der Waals surface area contributed by atoms with Crippen molar-refractivity contribution in [1.29, 1.82) is 0 Å². The number of hydrogen-bond donors (Lipinski definition) is 1. The van der Waals surface area contributed by atoms with Gasteiger partial charge in [-0.1, -0.05) is 6.92 Å². The van der Waals surface area contributed by atoms with E-state index in [0.717, 1.165) is 12.8 Å². The van der Waals surface area contributed by atoms with Gasteiger partial charge >= 0.3 is 0 Å². The Morgan fingerprint density at radius 3 is 2.80 bits per heavy atom. The highest BCUT2D eigenvalue weighted by Gasteiger charge is 2.07. The summed E-state index contributed by atoms with van der Waals surface area (Å²) >= 11 is 0. The summed E-state index contributed by atoms with van der Waals surface area (Å²) in [5.74, 6) is 0.0278. The van der Waals surface area contributed by atoms with E-state index >= 15 is 0 Å². The molecule has 7 heteroatoms. The monoisotopic (exact) mass is 281 g/mol. The van der Waals surface area contributed by atoms with E-state index in [-0.39, 0.29) is 17.2 Å². The number of aryl methyl sites for hydroxylation is 1. The summed E-state index contributed by atoms with van der Waals surface area (Å²) in [6.07, 6.45) is 3.98. The molecular weight excluding hydrogens is 262 g/mol. The summed E-state index contributed by atoms with van der Waals surface area (Å²) in [6.45, 7) is 2.90. The molecule has 7 nitrogen and oxygen atoms in total. The highest BCUT2D eigenvalue weighted by atomic mass is 16.6. The quantitative estimate of drug-likeness (QED) is 0.443. The number of nitrogens with zero attached hydrogens (tertiary/aromatic N) is 2. The van der Waals surface area contributed by atoms with Crippen LogP contribution >= 0.6 is 0 Å². The number of carbonyl (C=O) groups excluding carboxylic acids is 1. The topological polar surface area (TPSA) is 94.2 Å². The highest BCUT2D eigenvalue weighted by Crippen LogP contribution is 2.06. The Bertz CT molecular complexity index is 525. The number of amides is 1. The molecule has 1 N–H and O–H groups in total. The van der Waals surface area contributed by atoms with Crippen molar-refractivity contribution in [2.24, 2.45) is 0 Å². The Morgan fingerprint density at radius 1 is 1.40 bits per heavy atom. The van der Waals surface area contributed by atoms with Gasteiger partial charge in [0.15, 0.2) is 0 Å². The van der Waals surface area contributed by atoms with Crippen LogP contribution in [0.4, 0.5) is 5.69 Å². The van der Waals surface area contributed by atoms with E-state index in [4.69, 9.17) is 0 Å². The normalized spacial score (nSPS) is 10.2. The zero-order valence-corrected chi connectivity index (χ0v) is 11.5. The smallest absolute Gasteiger partial charge is 0.285 e. The maximum absolute atomic E-state index is 11.5. The molecule has 0 atom stereocenters. The van der Waals surface area contributed by atoms with Crippen LogP contribution in [0.3, 0.4) is 0 Å². The summed E-state index contributed by atoms with van der Waals surface area (Å²) in [6, 6.07) is 2.39. The van der Waals surface area contributed by atoms with Gasteiger partial charge in [-0.2, -0.15) is 0 Å². The number of nitrogens with one attached hydrogen (secondary N) is 1. The predicted octanol–water partition coefficient (Wildman–Crippen LogP) is 1.45. The van der Waals surface area contributed by atoms with Crippen LogP contribution in [-0.4, -0.2) is 21.9 Å². The van der Waals surface area contributed by atoms with Crippen molar-refractivity contribution in [1.82, 2.24) is 9.88 Å². The first-order valence-electron chi connectivity index (χ1n) is 6.66. The lowest BCUT2D eigenvalue weighted by Crippen LogP contribution is -2.24. The van der Waals surface area contributed by atoms with Crippen LogP contribution in [0.25, 0.3) is 0 Å². The van der Waals surface area contributed by atoms with E-state index in [9.17, 15) is 19.7 Å². The number of carbonyl (C=O) groups is 1. The Kier molecular flexibility index (Phi) is 6.42. The maximum atomic E-state index is 11.5. The largest absolute Gasteiger partial charge is 0.356 e. The molecule has 1 aromatic rings. The maximum Gasteiger partial charge on any atom is 0.285 e. The minimum atomic E-state index is -0.527. The van der Waals surface area contributed by atoms with Crippen LogP contribution in [0.15, 0.2) is 23.1 Å². The molecule has 0 fully saturated rings. The first kappa shape index (κ1) is 15.9. The fourth-order valence-corrected chi connectivity index (χ4v) is 1.75. The van der Waals surface area contributed by atoms with Gasteiger partial charge in [0, 0.05) is 31.6 Å². The van der Waals surface area contributed by atoms with Crippen LogP contribution in [0.2, 0.25) is 0 Å². The Hall–Kier alpha value is -2.18. The summed E-state index contributed by atoms with van der Waals surface area (Å²) in [5, 5.41) is 13.4. The molecule has 1 rings (SSSR count). The second kappa shape index (κ2) is 8.08. The average molecular weight is 281 g/mol. The van der Waals surface area contributed by atoms with Crippen molar-refractivity contribution >= 4 is 11.6 Å². The number of pyridine rings is 1. The average Bonchev–Trinajstić information content (AvgIpc) is 2.40. The molecule has 0 aliphatic carbocycles. The second-order valence-electron chi connectivity index (χ2n) is 4.48. The summed E-state index contributed by atoms with van der Waals surface area (Å²) in [4.78, 5) is 32.8. The third-order valence-electron chi connectivity index (χ3n) is 2.80. The Labute approximate surface area is 116 Å². The molecule has 0 aromatic carbocycles. The van der Waals surface area contributed by atoms with Gasteiger partial charge in [0.1, 0.15) is 0 Å². The molecule has 0 aliphatic rings. The van der Waals surface area contributed by atoms with Crippen molar-refractivity contribution in [3.63, 3.8) is 0 Å². The molecule has 0 saturated carbocycles. The molecule has 1 aromatic heterocycles. The molecule has 0 bridgehead atoms. The van der Waals surface area contributed by atoms with Crippen molar-refractivity contribution in [3.05, 3.63) is 38.8 Å². The molecule has 20 heavy (non-hydrogen) atoms. The van der Waals surface area contributed by atoms with E-state index in [2.05, 4.69) is 5.32 Å². The lowest BCUT2D eigenvalue weighted by molar-refractivity contribution is -0.385. The van der Waals surface area contributed by atoms with Gasteiger partial charge < -0.3 is 9.88 Å². The third-order valence-corrected chi connectivity index (χ3v) is 2.80. The van der Waals surface area contributed by atoms with Crippen molar-refractivity contribution in [2.45, 2.75) is 39.2 Å². The Morgan fingerprint density at radius 2 is 2.15 bits per heavy atom. The molecule has 0 radical (unpaired) electrons. The summed E-state index contributed by atoms with van der Waals surface area (Å²) in [5.41, 5.74) is -0.355. The molecule has 1 heterocycles. The van der Waals surface area contributed by atoms with Gasteiger partial charge in [-0.15, -0.1) is 0 Å². The minimum Gasteiger partial charge on any atom is -0.356 e. The minimum absolute atomic E-state index is 0.0278. The molecule has 0 aliphatic heterocycles. The van der Waals surface area contributed by atoms with Gasteiger partial charge in [0.25, 0.3) is 11.2 Å². The van der Waals surface area contributed by atoms with Gasteiger partial charge in [0.2, 0.25) is 5.91 Å². The van der Waals surface area contributed by atoms with Gasteiger partial charge in [-0.05, 0) is 19.3 Å². The van der Waals surface area contributed by atoms with E-state index in [1.807, 2.05) is 6.92 Å². The number of unbranched alkanes of at least 4 members (excludes halogenated alkanes) is 1. The van der Waals surface area contributed by atoms with Crippen molar-refractivity contribution in [2.75, 3.05) is 6.54 Å². The lowest BCUT2D eigenvalue weighted by atomic mass is 10.2. The summed E-state index contributed by atoms with van der Waals surface area (Å²) < 4.78 is 1.33. The first-order chi connectivity index (χ1) is 9.54. The fourth-order valence-electron chi connectivity index (χ4n) is 1.75. The molecular formula is C13H19N3O4. The number of aromatic nitrogens is 1. The van der Waals surface area contributed by atoms with Crippen molar-refractivity contribution < 1.29 is 9.72 Å². The standard InChI is InChI=1S/C13H19N3O4/c1-2-5-12(17)14-8-3-4-9-15-10-11(16(19)20)6-7-13(15)18/h6-7,10H,2-5,8-9H2,1H3,(H,14,17). The molecule has 0 spiro atoms. The first-order valence-corrected chi connectivity index (χ1v) is 6.66. The fraction of sp³-hybridized carbons (Fsp3) is 0.538. The van der Waals surface area contributed by atoms with Crippen LogP contribution < -0.4 is 10.9 Å². The van der Waals surface area contributed by atoms with Gasteiger partial charge in [-0.3, -0.25) is 19.7 Å². The predicted molar refractivity (Wildman–Crippen MR) is 74.5 cm³/mol. The summed E-state index contributed by atoms with van der Waals surface area (Å²) in [7, 11) is 0. The molecule has 0 unspecified atom stereocenters. The zero-order valence-electron chi connectivity index (χ0n) is 11.5. The number of hydrogen-bond acceptors (Lipinski definition) is 4. The number of rotatable bonds is 8. The van der Waals surface area contributed by atoms with Crippen LogP contribution in [0.1, 0.15) is 32.6 Å². The molecule has 0 saturated heterocycles. The number of nitro groups is 1. The molecule has 110 valence electrons. The third kappa shape index (κ3) is 5.21. The van der Waals surface area contributed by atoms with E-state index in [1.165, 1.54) is 22.9 Å². The molecule has 1 amide bonds. The van der Waals surface area contributed by atoms with Crippen LogP contribution in [0.5, 0.6) is 0 Å². The SMILES string of the molecule is CCCC(=O)NCCCCn1cc([N+](=O)[O-])ccc1=O. The zero-order chi connectivity index (χ0) is 15.0. The van der Waals surface area contributed by atoms with E-state index < -0.39 is 4.92 Å². The highest BCUT2D eigenvalue weighted by molar-refractivity contribution is 5.75. The van der Waals surface area contributed by atoms with Gasteiger partial charge in [-0.25, -0.2) is 0 Å². The van der Waals surface area contributed by atoms with Crippen molar-refractivity contribution in [3.8, 4) is 0 Å². The second-order valence-corrected chi connectivity index (χ2v) is 4.48. The van der Waals surface area contributed by atoms with E-state index in [1.54, 1.807) is 0 Å². The van der Waals surface area contributed by atoms with Crippen LogP contribution in [-0.2, 0) is 11.3 Å².